The van der Waals surface area contributed by atoms with Gasteiger partial charge in [-0.15, -0.1) is 0 Å². The first-order valence-corrected chi connectivity index (χ1v) is 8.50. The minimum absolute atomic E-state index is 0.0331. The second kappa shape index (κ2) is 6.44. The Morgan fingerprint density at radius 2 is 2.00 bits per heavy atom. The number of rotatable bonds is 3. The van der Waals surface area contributed by atoms with Crippen molar-refractivity contribution in [2.75, 3.05) is 21.8 Å². The second-order valence-electron chi connectivity index (χ2n) is 6.18. The lowest BCUT2D eigenvalue weighted by molar-refractivity contribution is -0.126. The minimum Gasteiger partial charge on any atom is -0.326 e. The van der Waals surface area contributed by atoms with Gasteiger partial charge in [-0.3, -0.25) is 9.59 Å². The maximum atomic E-state index is 12.4. The van der Waals surface area contributed by atoms with Gasteiger partial charge in [0.05, 0.1) is 17.3 Å². The van der Waals surface area contributed by atoms with E-state index in [-0.39, 0.29) is 18.2 Å². The van der Waals surface area contributed by atoms with E-state index in [0.29, 0.717) is 23.2 Å². The molecule has 0 spiro atoms. The normalized spacial score (nSPS) is 18.3. The molecule has 4 rings (SSSR count). The van der Waals surface area contributed by atoms with E-state index in [9.17, 15) is 9.59 Å². The number of carbonyl (C=O) groups is 2. The van der Waals surface area contributed by atoms with Gasteiger partial charge in [-0.2, -0.15) is 4.99 Å². The van der Waals surface area contributed by atoms with E-state index < -0.39 is 5.92 Å². The molecule has 2 amide bonds. The Balaban J connectivity index is 1.50. The molecule has 0 aromatic heterocycles. The quantitative estimate of drug-likeness (QED) is 0.810. The third-order valence-electron chi connectivity index (χ3n) is 4.39. The summed E-state index contributed by atoms with van der Waals surface area (Å²) in [6, 6.07) is 14.4. The predicted molar refractivity (Wildman–Crippen MR) is 101 cm³/mol. The molecule has 0 saturated heterocycles. The maximum Gasteiger partial charge on any atom is 0.254 e. The highest BCUT2D eigenvalue weighted by molar-refractivity contribution is 6.30. The van der Waals surface area contributed by atoms with Gasteiger partial charge in [0, 0.05) is 23.7 Å². The lowest BCUT2D eigenvalue weighted by Crippen LogP contribution is -2.49. The number of nitrogens with one attached hydrogen (secondary N) is 1. The molecular formula is C18H16ClN5O2. The Morgan fingerprint density at radius 1 is 1.23 bits per heavy atom. The van der Waals surface area contributed by atoms with Crippen molar-refractivity contribution in [3.05, 3.63) is 53.6 Å². The Hall–Kier alpha value is -2.90. The van der Waals surface area contributed by atoms with Gasteiger partial charge in [-0.05, 0) is 30.3 Å². The average molecular weight is 370 g/mol. The van der Waals surface area contributed by atoms with Gasteiger partial charge in [0.15, 0.2) is 0 Å². The molecule has 0 saturated carbocycles. The molecule has 1 atom stereocenters. The van der Waals surface area contributed by atoms with E-state index >= 15 is 0 Å². The first kappa shape index (κ1) is 16.6. The zero-order valence-corrected chi connectivity index (χ0v) is 14.5. The van der Waals surface area contributed by atoms with Crippen LogP contribution in [0.4, 0.5) is 17.1 Å². The number of aliphatic imine (C=N–C) groups is 1. The molecule has 2 heterocycles. The van der Waals surface area contributed by atoms with Crippen LogP contribution in [0.15, 0.2) is 53.5 Å². The maximum absolute atomic E-state index is 12.4. The van der Waals surface area contributed by atoms with Gasteiger partial charge in [-0.25, -0.2) is 10.9 Å². The summed E-state index contributed by atoms with van der Waals surface area (Å²) in [5.41, 5.74) is 2.25. The molecule has 3 N–H and O–H groups in total. The van der Waals surface area contributed by atoms with E-state index in [0.717, 1.165) is 11.4 Å². The molecule has 1 unspecified atom stereocenters. The van der Waals surface area contributed by atoms with E-state index in [1.807, 2.05) is 29.2 Å². The number of hydrogen-bond acceptors (Lipinski definition) is 5. The number of para-hydroxylation sites is 2. The third-order valence-corrected chi connectivity index (χ3v) is 4.63. The fourth-order valence-electron chi connectivity index (χ4n) is 3.18. The zero-order valence-electron chi connectivity index (χ0n) is 13.7. The van der Waals surface area contributed by atoms with Crippen LogP contribution in [0.1, 0.15) is 6.42 Å². The van der Waals surface area contributed by atoms with Gasteiger partial charge >= 0.3 is 0 Å². The molecule has 8 heteroatoms. The first-order chi connectivity index (χ1) is 12.5. The van der Waals surface area contributed by atoms with Gasteiger partial charge in [0.2, 0.25) is 11.9 Å². The molecule has 2 aliphatic heterocycles. The number of benzene rings is 2. The standard InChI is InChI=1S/C18H16ClN5O2/c19-12-4-3-5-13(9-12)21-16(25)8-11-10-23-14-6-1-2-7-15(14)24(20)18(23)22-17(11)26/h1-7,9,11H,8,10,20H2,(H,21,25). The SMILES string of the molecule is NN1C2=NC(=O)C(CC(=O)Nc3cccc(Cl)c3)CN2c2ccccc21. The number of amides is 2. The number of fused-ring (bicyclic) bond motifs is 3. The van der Waals surface area contributed by atoms with E-state index in [2.05, 4.69) is 10.3 Å². The predicted octanol–water partition coefficient (Wildman–Crippen LogP) is 2.38. The molecule has 2 aromatic carbocycles. The van der Waals surface area contributed by atoms with Crippen molar-refractivity contribution in [3.8, 4) is 0 Å². The molecule has 2 aliphatic rings. The number of nitrogens with zero attached hydrogens (tertiary/aromatic N) is 3. The topological polar surface area (TPSA) is 91.0 Å². The zero-order chi connectivity index (χ0) is 18.3. The monoisotopic (exact) mass is 369 g/mol. The summed E-state index contributed by atoms with van der Waals surface area (Å²) in [5, 5.41) is 4.69. The highest BCUT2D eigenvalue weighted by Gasteiger charge is 2.39. The molecule has 0 fully saturated rings. The number of nitrogens with two attached hydrogens (primary N) is 1. The number of hydrogen-bond donors (Lipinski definition) is 2. The van der Waals surface area contributed by atoms with Crippen LogP contribution in [0.5, 0.6) is 0 Å². The number of carbonyl (C=O) groups excluding carboxylic acids is 2. The fraction of sp³-hybridized carbons (Fsp3) is 0.167. The first-order valence-electron chi connectivity index (χ1n) is 8.12. The van der Waals surface area contributed by atoms with Gasteiger partial charge < -0.3 is 10.2 Å². The Bertz CT molecular complexity index is 929. The van der Waals surface area contributed by atoms with Crippen LogP contribution in [0.2, 0.25) is 5.02 Å². The molecule has 0 aliphatic carbocycles. The summed E-state index contributed by atoms with van der Waals surface area (Å²) in [6.07, 6.45) is 0.0331. The van der Waals surface area contributed by atoms with Crippen LogP contribution in [-0.4, -0.2) is 24.3 Å². The lowest BCUT2D eigenvalue weighted by Gasteiger charge is -2.28. The Kier molecular flexibility index (Phi) is 4.10. The number of halogens is 1. The van der Waals surface area contributed by atoms with Gasteiger partial charge in [0.1, 0.15) is 0 Å². The summed E-state index contributed by atoms with van der Waals surface area (Å²) in [4.78, 5) is 30.7. The second-order valence-corrected chi connectivity index (χ2v) is 6.62. The van der Waals surface area contributed by atoms with Crippen molar-refractivity contribution in [1.29, 1.82) is 0 Å². The molecule has 2 aromatic rings. The largest absolute Gasteiger partial charge is 0.326 e. The van der Waals surface area contributed by atoms with Crippen molar-refractivity contribution in [2.45, 2.75) is 6.42 Å². The van der Waals surface area contributed by atoms with E-state index in [1.165, 1.54) is 5.01 Å². The summed E-state index contributed by atoms with van der Waals surface area (Å²) in [6.45, 7) is 0.353. The summed E-state index contributed by atoms with van der Waals surface area (Å²) < 4.78 is 0. The Labute approximate surface area is 155 Å². The number of hydrazine groups is 1. The van der Waals surface area contributed by atoms with Crippen molar-refractivity contribution in [3.63, 3.8) is 0 Å². The minimum atomic E-state index is -0.544. The number of anilines is 3. The number of guanidine groups is 1. The molecule has 7 nitrogen and oxygen atoms in total. The van der Waals surface area contributed by atoms with Crippen LogP contribution >= 0.6 is 11.6 Å². The van der Waals surface area contributed by atoms with Crippen molar-refractivity contribution < 1.29 is 9.59 Å². The van der Waals surface area contributed by atoms with Crippen molar-refractivity contribution in [1.82, 2.24) is 0 Å². The van der Waals surface area contributed by atoms with Crippen LogP contribution in [-0.2, 0) is 9.59 Å². The molecule has 26 heavy (non-hydrogen) atoms. The van der Waals surface area contributed by atoms with Crippen molar-refractivity contribution >= 4 is 46.4 Å². The molecule has 0 bridgehead atoms. The average Bonchev–Trinajstić information content (AvgIpc) is 2.88. The summed E-state index contributed by atoms with van der Waals surface area (Å²) in [5.74, 6) is 5.28. The molecule has 132 valence electrons. The Morgan fingerprint density at radius 3 is 2.77 bits per heavy atom. The molecule has 0 radical (unpaired) electrons. The van der Waals surface area contributed by atoms with Gasteiger partial charge in [-0.1, -0.05) is 29.8 Å². The highest BCUT2D eigenvalue weighted by atomic mass is 35.5. The van der Waals surface area contributed by atoms with E-state index in [1.54, 1.807) is 24.3 Å². The van der Waals surface area contributed by atoms with E-state index in [4.69, 9.17) is 17.4 Å². The van der Waals surface area contributed by atoms with Crippen LogP contribution in [0, 0.1) is 5.92 Å². The summed E-state index contributed by atoms with van der Waals surface area (Å²) >= 11 is 5.92. The smallest absolute Gasteiger partial charge is 0.254 e. The third kappa shape index (κ3) is 2.91. The fourth-order valence-corrected chi connectivity index (χ4v) is 3.37. The highest BCUT2D eigenvalue weighted by Crippen LogP contribution is 2.37. The lowest BCUT2D eigenvalue weighted by atomic mass is 10.0. The van der Waals surface area contributed by atoms with Crippen molar-refractivity contribution in [2.24, 2.45) is 16.8 Å². The van der Waals surface area contributed by atoms with Crippen LogP contribution in [0.25, 0.3) is 0 Å². The van der Waals surface area contributed by atoms with Crippen LogP contribution < -0.4 is 21.1 Å². The van der Waals surface area contributed by atoms with Crippen LogP contribution in [0.3, 0.4) is 0 Å². The summed E-state index contributed by atoms with van der Waals surface area (Å²) in [7, 11) is 0. The van der Waals surface area contributed by atoms with Gasteiger partial charge in [0.25, 0.3) is 5.91 Å². The molecular weight excluding hydrogens is 354 g/mol.